The Hall–Kier alpha value is -1.37. The van der Waals surface area contributed by atoms with Crippen molar-refractivity contribution in [3.63, 3.8) is 0 Å². The molecule has 1 heterocycles. The number of nitrogens with two attached hydrogens (primary N) is 1. The summed E-state index contributed by atoms with van der Waals surface area (Å²) >= 11 is 3.04. The number of pyridine rings is 1. The first-order valence-corrected chi connectivity index (χ1v) is 6.42. The van der Waals surface area contributed by atoms with Crippen molar-refractivity contribution in [3.05, 3.63) is 63.9 Å². The Morgan fingerprint density at radius 3 is 2.68 bits per heavy atom. The van der Waals surface area contributed by atoms with Crippen molar-refractivity contribution in [3.8, 4) is 0 Å². The summed E-state index contributed by atoms with van der Waals surface area (Å²) in [5, 5.41) is 0. The van der Waals surface area contributed by atoms with E-state index < -0.39 is 17.7 Å². The quantitative estimate of drug-likeness (QED) is 0.515. The van der Waals surface area contributed by atoms with Crippen molar-refractivity contribution in [1.82, 2.24) is 10.4 Å². The molecule has 0 saturated heterocycles. The second kappa shape index (κ2) is 6.18. The molecule has 0 bridgehead atoms. The Labute approximate surface area is 117 Å². The molecule has 1 atom stereocenters. The van der Waals surface area contributed by atoms with Gasteiger partial charge in [0.25, 0.3) is 0 Å². The van der Waals surface area contributed by atoms with Gasteiger partial charge in [0.1, 0.15) is 11.6 Å². The SMILES string of the molecule is NNC(Cc1ccccn1)c1c(F)ccc(Br)c1F. The summed E-state index contributed by atoms with van der Waals surface area (Å²) in [5.74, 6) is 4.12. The van der Waals surface area contributed by atoms with E-state index in [2.05, 4.69) is 26.3 Å². The van der Waals surface area contributed by atoms with E-state index in [0.29, 0.717) is 12.1 Å². The zero-order valence-electron chi connectivity index (χ0n) is 9.91. The van der Waals surface area contributed by atoms with Gasteiger partial charge in [-0.3, -0.25) is 16.3 Å². The van der Waals surface area contributed by atoms with Crippen molar-refractivity contribution < 1.29 is 8.78 Å². The fraction of sp³-hybridized carbons (Fsp3) is 0.154. The molecule has 3 N–H and O–H groups in total. The van der Waals surface area contributed by atoms with Gasteiger partial charge in [-0.25, -0.2) is 8.78 Å². The van der Waals surface area contributed by atoms with E-state index in [-0.39, 0.29) is 10.0 Å². The van der Waals surface area contributed by atoms with Crippen LogP contribution in [0.25, 0.3) is 0 Å². The molecule has 6 heteroatoms. The highest BCUT2D eigenvalue weighted by molar-refractivity contribution is 9.10. The summed E-state index contributed by atoms with van der Waals surface area (Å²) in [7, 11) is 0. The number of aromatic nitrogens is 1. The zero-order chi connectivity index (χ0) is 13.8. The highest BCUT2D eigenvalue weighted by Crippen LogP contribution is 2.28. The molecule has 0 aliphatic heterocycles. The van der Waals surface area contributed by atoms with Crippen molar-refractivity contribution in [2.45, 2.75) is 12.5 Å². The molecule has 0 aliphatic rings. The average Bonchev–Trinajstić information content (AvgIpc) is 2.43. The number of nitrogens with one attached hydrogen (secondary N) is 1. The molecule has 2 rings (SSSR count). The van der Waals surface area contributed by atoms with Crippen LogP contribution in [0.2, 0.25) is 0 Å². The van der Waals surface area contributed by atoms with Crippen molar-refractivity contribution >= 4 is 15.9 Å². The summed E-state index contributed by atoms with van der Waals surface area (Å²) < 4.78 is 28.0. The van der Waals surface area contributed by atoms with Crippen LogP contribution in [0.4, 0.5) is 8.78 Å². The van der Waals surface area contributed by atoms with Crippen LogP contribution in [-0.2, 0) is 6.42 Å². The lowest BCUT2D eigenvalue weighted by Gasteiger charge is -2.18. The van der Waals surface area contributed by atoms with E-state index in [1.807, 2.05) is 6.07 Å². The van der Waals surface area contributed by atoms with E-state index in [9.17, 15) is 8.78 Å². The highest BCUT2D eigenvalue weighted by atomic mass is 79.9. The third kappa shape index (κ3) is 3.15. The van der Waals surface area contributed by atoms with Gasteiger partial charge < -0.3 is 0 Å². The highest BCUT2D eigenvalue weighted by Gasteiger charge is 2.21. The fourth-order valence-electron chi connectivity index (χ4n) is 1.83. The lowest BCUT2D eigenvalue weighted by Crippen LogP contribution is -2.31. The van der Waals surface area contributed by atoms with Crippen molar-refractivity contribution in [1.29, 1.82) is 0 Å². The Kier molecular flexibility index (Phi) is 4.57. The maximum Gasteiger partial charge on any atom is 0.145 e. The summed E-state index contributed by atoms with van der Waals surface area (Å²) in [6, 6.07) is 7.19. The van der Waals surface area contributed by atoms with E-state index in [1.54, 1.807) is 18.3 Å². The molecular weight excluding hydrogens is 316 g/mol. The molecule has 100 valence electrons. The normalized spacial score (nSPS) is 12.4. The van der Waals surface area contributed by atoms with Gasteiger partial charge in [-0.2, -0.15) is 0 Å². The van der Waals surface area contributed by atoms with Gasteiger partial charge in [0.2, 0.25) is 0 Å². The summed E-state index contributed by atoms with van der Waals surface area (Å²) in [6.07, 6.45) is 1.91. The summed E-state index contributed by atoms with van der Waals surface area (Å²) in [4.78, 5) is 4.12. The van der Waals surface area contributed by atoms with Crippen LogP contribution < -0.4 is 11.3 Å². The lowest BCUT2D eigenvalue weighted by molar-refractivity contribution is 0.468. The molecule has 2 aromatic rings. The minimum absolute atomic E-state index is 0.0949. The van der Waals surface area contributed by atoms with Crippen LogP contribution in [0.15, 0.2) is 41.0 Å². The lowest BCUT2D eigenvalue weighted by atomic mass is 10.0. The number of hydrogen-bond donors (Lipinski definition) is 2. The van der Waals surface area contributed by atoms with Crippen LogP contribution in [0.5, 0.6) is 0 Å². The molecule has 1 aromatic carbocycles. The molecule has 0 amide bonds. The third-order valence-corrected chi connectivity index (χ3v) is 3.38. The van der Waals surface area contributed by atoms with Gasteiger partial charge in [0, 0.05) is 23.9 Å². The second-order valence-electron chi connectivity index (χ2n) is 4.00. The minimum atomic E-state index is -0.688. The average molecular weight is 328 g/mol. The molecule has 0 spiro atoms. The van der Waals surface area contributed by atoms with Gasteiger partial charge in [-0.1, -0.05) is 6.07 Å². The molecule has 0 aliphatic carbocycles. The number of benzene rings is 1. The van der Waals surface area contributed by atoms with E-state index in [0.717, 1.165) is 0 Å². The monoisotopic (exact) mass is 327 g/mol. The minimum Gasteiger partial charge on any atom is -0.271 e. The molecule has 0 fully saturated rings. The van der Waals surface area contributed by atoms with Crippen molar-refractivity contribution in [2.24, 2.45) is 5.84 Å². The maximum absolute atomic E-state index is 14.0. The predicted octanol–water partition coefficient (Wildman–Crippen LogP) is 2.87. The van der Waals surface area contributed by atoms with Gasteiger partial charge >= 0.3 is 0 Å². The predicted molar refractivity (Wildman–Crippen MR) is 72.1 cm³/mol. The van der Waals surface area contributed by atoms with Crippen LogP contribution in [0.3, 0.4) is 0 Å². The number of halogens is 3. The Morgan fingerprint density at radius 1 is 1.26 bits per heavy atom. The van der Waals surface area contributed by atoms with Crippen LogP contribution in [0.1, 0.15) is 17.3 Å². The van der Waals surface area contributed by atoms with Crippen molar-refractivity contribution in [2.75, 3.05) is 0 Å². The first-order chi connectivity index (χ1) is 9.13. The van der Waals surface area contributed by atoms with Gasteiger partial charge in [-0.15, -0.1) is 0 Å². The largest absolute Gasteiger partial charge is 0.271 e. The van der Waals surface area contributed by atoms with E-state index in [4.69, 9.17) is 5.84 Å². The number of rotatable bonds is 4. The van der Waals surface area contributed by atoms with E-state index >= 15 is 0 Å². The standard InChI is InChI=1S/C13H12BrF2N3/c14-9-4-5-10(15)12(13(9)16)11(19-17)7-8-3-1-2-6-18-8/h1-6,11,19H,7,17H2. The smallest absolute Gasteiger partial charge is 0.145 e. The van der Waals surface area contributed by atoms with E-state index in [1.165, 1.54) is 12.1 Å². The first kappa shape index (κ1) is 14.0. The van der Waals surface area contributed by atoms with Crippen LogP contribution in [0, 0.1) is 11.6 Å². The summed E-state index contributed by atoms with van der Waals surface area (Å²) in [6.45, 7) is 0. The van der Waals surface area contributed by atoms with Gasteiger partial charge in [-0.05, 0) is 40.2 Å². The fourth-order valence-corrected chi connectivity index (χ4v) is 2.18. The second-order valence-corrected chi connectivity index (χ2v) is 4.86. The molecule has 19 heavy (non-hydrogen) atoms. The molecule has 0 radical (unpaired) electrons. The third-order valence-electron chi connectivity index (χ3n) is 2.77. The van der Waals surface area contributed by atoms with Crippen LogP contribution >= 0.6 is 15.9 Å². The molecule has 1 unspecified atom stereocenters. The molecule has 1 aromatic heterocycles. The van der Waals surface area contributed by atoms with Gasteiger partial charge in [0.05, 0.1) is 10.5 Å². The molecule has 3 nitrogen and oxygen atoms in total. The first-order valence-electron chi connectivity index (χ1n) is 5.63. The maximum atomic E-state index is 14.0. The van der Waals surface area contributed by atoms with Gasteiger partial charge in [0.15, 0.2) is 0 Å². The van der Waals surface area contributed by atoms with Crippen LogP contribution in [-0.4, -0.2) is 4.98 Å². The number of nitrogens with zero attached hydrogens (tertiary/aromatic N) is 1. The topological polar surface area (TPSA) is 50.9 Å². The summed E-state index contributed by atoms with van der Waals surface area (Å²) in [5.41, 5.74) is 3.04. The number of hydrazine groups is 1. The Bertz CT molecular complexity index is 563. The Balaban J connectivity index is 2.35. The zero-order valence-corrected chi connectivity index (χ0v) is 11.5. The number of hydrogen-bond acceptors (Lipinski definition) is 3. The molecule has 0 saturated carbocycles. The molecular formula is C13H12BrF2N3. The Morgan fingerprint density at radius 2 is 2.05 bits per heavy atom.